The van der Waals surface area contributed by atoms with E-state index in [1.165, 1.54) is 6.92 Å². The molecule has 1 aromatic rings. The van der Waals surface area contributed by atoms with Gasteiger partial charge < -0.3 is 9.64 Å². The van der Waals surface area contributed by atoms with E-state index in [0.717, 1.165) is 5.56 Å². The molecule has 1 fully saturated rings. The Bertz CT molecular complexity index is 625. The largest absolute Gasteiger partial charge is 0.444 e. The number of nitrogens with zero attached hydrogens (tertiary/aromatic N) is 1. The molecule has 1 aliphatic rings. The molecule has 0 aliphatic carbocycles. The summed E-state index contributed by atoms with van der Waals surface area (Å²) in [6.07, 6.45) is 0.785. The number of piperidine rings is 1. The van der Waals surface area contributed by atoms with Crippen LogP contribution in [0.5, 0.6) is 0 Å². The summed E-state index contributed by atoms with van der Waals surface area (Å²) in [5, 5.41) is 0. The van der Waals surface area contributed by atoms with Crippen LogP contribution in [0.4, 0.5) is 4.79 Å². The van der Waals surface area contributed by atoms with Crippen LogP contribution >= 0.6 is 0 Å². The van der Waals surface area contributed by atoms with Crippen LogP contribution in [0.25, 0.3) is 0 Å². The van der Waals surface area contributed by atoms with E-state index in [9.17, 15) is 14.4 Å². The predicted octanol–water partition coefficient (Wildman–Crippen LogP) is 3.58. The normalized spacial score (nSPS) is 17.0. The standard InChI is InChI=1S/C20H27NO4/c1-14(22)17(15-8-6-5-7-9-15)18(23)16-10-12-21(13-11-16)19(24)25-20(2,3)4/h5-9,16-17H,10-13H2,1-4H3. The number of amides is 1. The first kappa shape index (κ1) is 19.2. The number of carbonyl (C=O) groups excluding carboxylic acids is 3. The van der Waals surface area contributed by atoms with E-state index in [1.807, 2.05) is 51.1 Å². The fraction of sp³-hybridized carbons (Fsp3) is 0.550. The van der Waals surface area contributed by atoms with Gasteiger partial charge >= 0.3 is 6.09 Å². The van der Waals surface area contributed by atoms with Crippen molar-refractivity contribution in [2.75, 3.05) is 13.1 Å². The zero-order chi connectivity index (χ0) is 18.6. The third kappa shape index (κ3) is 5.15. The summed E-state index contributed by atoms with van der Waals surface area (Å²) in [7, 11) is 0. The highest BCUT2D eigenvalue weighted by Crippen LogP contribution is 2.28. The lowest BCUT2D eigenvalue weighted by Gasteiger charge is -2.33. The molecule has 1 aliphatic heterocycles. The van der Waals surface area contributed by atoms with Crippen molar-refractivity contribution in [2.45, 2.75) is 52.1 Å². The molecule has 1 atom stereocenters. The molecule has 0 aromatic heterocycles. The van der Waals surface area contributed by atoms with Crippen LogP contribution in [0.3, 0.4) is 0 Å². The summed E-state index contributed by atoms with van der Waals surface area (Å²) in [5.74, 6) is -1.08. The Morgan fingerprint density at radius 2 is 1.64 bits per heavy atom. The van der Waals surface area contributed by atoms with E-state index in [-0.39, 0.29) is 23.6 Å². The number of ketones is 2. The van der Waals surface area contributed by atoms with Crippen LogP contribution in [-0.2, 0) is 14.3 Å². The topological polar surface area (TPSA) is 63.7 Å². The fourth-order valence-corrected chi connectivity index (χ4v) is 3.15. The lowest BCUT2D eigenvalue weighted by atomic mass is 9.81. The first-order chi connectivity index (χ1) is 11.7. The molecule has 1 aromatic carbocycles. The summed E-state index contributed by atoms with van der Waals surface area (Å²) in [6, 6.07) is 9.18. The molecule has 1 saturated heterocycles. The van der Waals surface area contributed by atoms with Gasteiger partial charge in [0.05, 0.1) is 0 Å². The molecular formula is C20H27NO4. The van der Waals surface area contributed by atoms with Gasteiger partial charge in [-0.25, -0.2) is 4.79 Å². The number of Topliss-reactive ketones (excluding diaryl/α,β-unsaturated/α-hetero) is 2. The van der Waals surface area contributed by atoms with Gasteiger partial charge in [-0.2, -0.15) is 0 Å². The van der Waals surface area contributed by atoms with Crippen molar-refractivity contribution in [1.82, 2.24) is 4.90 Å². The SMILES string of the molecule is CC(=O)C(C(=O)C1CCN(C(=O)OC(C)(C)C)CC1)c1ccccc1. The number of benzene rings is 1. The van der Waals surface area contributed by atoms with Crippen LogP contribution in [0.1, 0.15) is 52.0 Å². The molecule has 0 radical (unpaired) electrons. The summed E-state index contributed by atoms with van der Waals surface area (Å²) in [6.45, 7) is 7.91. The van der Waals surface area contributed by atoms with Gasteiger partial charge in [-0.3, -0.25) is 9.59 Å². The number of ether oxygens (including phenoxy) is 1. The molecule has 5 heteroatoms. The van der Waals surface area contributed by atoms with Crippen molar-refractivity contribution in [1.29, 1.82) is 0 Å². The van der Waals surface area contributed by atoms with Gasteiger partial charge in [0.15, 0.2) is 5.78 Å². The van der Waals surface area contributed by atoms with Gasteiger partial charge in [0, 0.05) is 19.0 Å². The zero-order valence-corrected chi connectivity index (χ0v) is 15.5. The number of hydrogen-bond acceptors (Lipinski definition) is 4. The Balaban J connectivity index is 2.00. The van der Waals surface area contributed by atoms with Crippen LogP contribution in [0.2, 0.25) is 0 Å². The average Bonchev–Trinajstić information content (AvgIpc) is 2.54. The molecule has 1 amide bonds. The molecule has 136 valence electrons. The summed E-state index contributed by atoms with van der Waals surface area (Å²) < 4.78 is 5.38. The Labute approximate surface area is 149 Å². The lowest BCUT2D eigenvalue weighted by Crippen LogP contribution is -2.44. The molecule has 1 heterocycles. The molecule has 0 spiro atoms. The lowest BCUT2D eigenvalue weighted by molar-refractivity contribution is -0.131. The number of hydrogen-bond donors (Lipinski definition) is 0. The van der Waals surface area contributed by atoms with Crippen LogP contribution in [-0.4, -0.2) is 41.3 Å². The van der Waals surface area contributed by atoms with E-state index in [0.29, 0.717) is 25.9 Å². The van der Waals surface area contributed by atoms with Gasteiger partial charge in [0.2, 0.25) is 0 Å². The molecule has 5 nitrogen and oxygen atoms in total. The van der Waals surface area contributed by atoms with Crippen molar-refractivity contribution in [3.05, 3.63) is 35.9 Å². The van der Waals surface area contributed by atoms with Crippen LogP contribution in [0.15, 0.2) is 30.3 Å². The third-order valence-corrected chi connectivity index (χ3v) is 4.37. The minimum absolute atomic E-state index is 0.0393. The number of carbonyl (C=O) groups is 3. The minimum Gasteiger partial charge on any atom is -0.444 e. The highest BCUT2D eigenvalue weighted by Gasteiger charge is 2.35. The second-order valence-corrected chi connectivity index (χ2v) is 7.60. The second-order valence-electron chi connectivity index (χ2n) is 7.60. The molecule has 25 heavy (non-hydrogen) atoms. The third-order valence-electron chi connectivity index (χ3n) is 4.37. The van der Waals surface area contributed by atoms with E-state index in [1.54, 1.807) is 4.90 Å². The Kier molecular flexibility index (Phi) is 5.98. The molecule has 0 bridgehead atoms. The van der Waals surface area contributed by atoms with Crippen molar-refractivity contribution in [3.63, 3.8) is 0 Å². The molecule has 0 N–H and O–H groups in total. The van der Waals surface area contributed by atoms with Gasteiger partial charge in [-0.15, -0.1) is 0 Å². The van der Waals surface area contributed by atoms with Gasteiger partial charge in [-0.05, 0) is 46.1 Å². The quantitative estimate of drug-likeness (QED) is 0.783. The predicted molar refractivity (Wildman–Crippen MR) is 95.4 cm³/mol. The Morgan fingerprint density at radius 1 is 1.08 bits per heavy atom. The van der Waals surface area contributed by atoms with Crippen molar-refractivity contribution >= 4 is 17.7 Å². The van der Waals surface area contributed by atoms with E-state index < -0.39 is 11.5 Å². The number of rotatable bonds is 4. The van der Waals surface area contributed by atoms with E-state index in [2.05, 4.69) is 0 Å². The van der Waals surface area contributed by atoms with E-state index in [4.69, 9.17) is 4.74 Å². The van der Waals surface area contributed by atoms with Crippen molar-refractivity contribution < 1.29 is 19.1 Å². The summed E-state index contributed by atoms with van der Waals surface area (Å²) in [4.78, 5) is 38.7. The summed E-state index contributed by atoms with van der Waals surface area (Å²) in [5.41, 5.74) is 0.214. The zero-order valence-electron chi connectivity index (χ0n) is 15.5. The van der Waals surface area contributed by atoms with Gasteiger partial charge in [-0.1, -0.05) is 30.3 Å². The monoisotopic (exact) mass is 345 g/mol. The van der Waals surface area contributed by atoms with Crippen molar-refractivity contribution in [2.24, 2.45) is 5.92 Å². The van der Waals surface area contributed by atoms with Gasteiger partial charge in [0.25, 0.3) is 0 Å². The van der Waals surface area contributed by atoms with Crippen LogP contribution < -0.4 is 0 Å². The maximum atomic E-state index is 12.9. The maximum absolute atomic E-state index is 12.9. The smallest absolute Gasteiger partial charge is 0.410 e. The Morgan fingerprint density at radius 3 is 2.12 bits per heavy atom. The average molecular weight is 345 g/mol. The molecule has 2 rings (SSSR count). The maximum Gasteiger partial charge on any atom is 0.410 e. The first-order valence-electron chi connectivity index (χ1n) is 8.76. The second kappa shape index (κ2) is 7.81. The van der Waals surface area contributed by atoms with E-state index >= 15 is 0 Å². The first-order valence-corrected chi connectivity index (χ1v) is 8.76. The van der Waals surface area contributed by atoms with Crippen molar-refractivity contribution in [3.8, 4) is 0 Å². The fourth-order valence-electron chi connectivity index (χ4n) is 3.15. The summed E-state index contributed by atoms with van der Waals surface area (Å²) >= 11 is 0. The van der Waals surface area contributed by atoms with Crippen LogP contribution in [0, 0.1) is 5.92 Å². The minimum atomic E-state index is -0.709. The highest BCUT2D eigenvalue weighted by atomic mass is 16.6. The Hall–Kier alpha value is -2.17. The molecular weight excluding hydrogens is 318 g/mol. The number of likely N-dealkylation sites (tertiary alicyclic amines) is 1. The highest BCUT2D eigenvalue weighted by molar-refractivity contribution is 6.07. The molecule has 1 unspecified atom stereocenters. The van der Waals surface area contributed by atoms with Gasteiger partial charge in [0.1, 0.15) is 17.3 Å². The molecule has 0 saturated carbocycles.